The fourth-order valence-corrected chi connectivity index (χ4v) is 3.13. The average Bonchev–Trinajstić information content (AvgIpc) is 2.33. The SMILES string of the molecule is CC1CN(Cc2cc(Br)ccc2F)C(C(C)C)CN1. The predicted octanol–water partition coefficient (Wildman–Crippen LogP) is 3.41. The van der Waals surface area contributed by atoms with Gasteiger partial charge in [0.25, 0.3) is 0 Å². The van der Waals surface area contributed by atoms with Gasteiger partial charge in [0.1, 0.15) is 5.82 Å². The third kappa shape index (κ3) is 3.77. The molecule has 0 aromatic heterocycles. The molecule has 0 aliphatic carbocycles. The van der Waals surface area contributed by atoms with Crippen LogP contribution in [0.2, 0.25) is 0 Å². The number of rotatable bonds is 3. The quantitative estimate of drug-likeness (QED) is 0.914. The fraction of sp³-hybridized carbons (Fsp3) is 0.600. The number of nitrogens with one attached hydrogen (secondary N) is 1. The molecule has 1 N–H and O–H groups in total. The van der Waals surface area contributed by atoms with Gasteiger partial charge < -0.3 is 5.32 Å². The molecule has 1 fully saturated rings. The molecule has 106 valence electrons. The summed E-state index contributed by atoms with van der Waals surface area (Å²) < 4.78 is 14.8. The Bertz CT molecular complexity index is 436. The molecule has 0 bridgehead atoms. The second-order valence-electron chi connectivity index (χ2n) is 5.79. The van der Waals surface area contributed by atoms with Crippen LogP contribution in [0.25, 0.3) is 0 Å². The Morgan fingerprint density at radius 1 is 1.47 bits per heavy atom. The number of nitrogens with zero attached hydrogens (tertiary/aromatic N) is 1. The lowest BCUT2D eigenvalue weighted by Gasteiger charge is -2.41. The van der Waals surface area contributed by atoms with Crippen LogP contribution in [0.5, 0.6) is 0 Å². The Balaban J connectivity index is 2.16. The van der Waals surface area contributed by atoms with E-state index in [0.29, 0.717) is 24.5 Å². The lowest BCUT2D eigenvalue weighted by atomic mass is 9.98. The Morgan fingerprint density at radius 3 is 2.89 bits per heavy atom. The van der Waals surface area contributed by atoms with E-state index in [-0.39, 0.29) is 5.82 Å². The van der Waals surface area contributed by atoms with E-state index in [0.717, 1.165) is 23.1 Å². The summed E-state index contributed by atoms with van der Waals surface area (Å²) in [7, 11) is 0. The van der Waals surface area contributed by atoms with E-state index in [4.69, 9.17) is 0 Å². The topological polar surface area (TPSA) is 15.3 Å². The summed E-state index contributed by atoms with van der Waals surface area (Å²) in [6, 6.07) is 6.10. The van der Waals surface area contributed by atoms with Gasteiger partial charge in [0.2, 0.25) is 0 Å². The van der Waals surface area contributed by atoms with Crippen molar-refractivity contribution in [1.82, 2.24) is 10.2 Å². The first-order chi connectivity index (χ1) is 8.97. The van der Waals surface area contributed by atoms with Crippen molar-refractivity contribution in [3.8, 4) is 0 Å². The summed E-state index contributed by atoms with van der Waals surface area (Å²) in [4.78, 5) is 2.40. The monoisotopic (exact) mass is 328 g/mol. The van der Waals surface area contributed by atoms with Crippen molar-refractivity contribution in [3.05, 3.63) is 34.1 Å². The van der Waals surface area contributed by atoms with E-state index < -0.39 is 0 Å². The largest absolute Gasteiger partial charge is 0.311 e. The van der Waals surface area contributed by atoms with Crippen molar-refractivity contribution < 1.29 is 4.39 Å². The van der Waals surface area contributed by atoms with Crippen molar-refractivity contribution >= 4 is 15.9 Å². The van der Waals surface area contributed by atoms with Crippen LogP contribution >= 0.6 is 15.9 Å². The molecule has 1 aliphatic heterocycles. The molecule has 0 saturated carbocycles. The van der Waals surface area contributed by atoms with Gasteiger partial charge in [0, 0.05) is 41.8 Å². The summed E-state index contributed by atoms with van der Waals surface area (Å²) >= 11 is 3.42. The van der Waals surface area contributed by atoms with Crippen molar-refractivity contribution in [2.24, 2.45) is 5.92 Å². The molecule has 1 aromatic rings. The van der Waals surface area contributed by atoms with Gasteiger partial charge >= 0.3 is 0 Å². The molecule has 2 nitrogen and oxygen atoms in total. The molecule has 4 heteroatoms. The highest BCUT2D eigenvalue weighted by Crippen LogP contribution is 2.22. The number of piperazine rings is 1. The van der Waals surface area contributed by atoms with Crippen LogP contribution in [0.4, 0.5) is 4.39 Å². The molecular weight excluding hydrogens is 307 g/mol. The minimum atomic E-state index is -0.114. The van der Waals surface area contributed by atoms with Crippen LogP contribution in [-0.2, 0) is 6.54 Å². The van der Waals surface area contributed by atoms with Gasteiger partial charge in [-0.05, 0) is 31.0 Å². The minimum Gasteiger partial charge on any atom is -0.311 e. The smallest absolute Gasteiger partial charge is 0.127 e. The summed E-state index contributed by atoms with van der Waals surface area (Å²) in [5.74, 6) is 0.451. The van der Waals surface area contributed by atoms with Gasteiger partial charge in [0.05, 0.1) is 0 Å². The van der Waals surface area contributed by atoms with E-state index in [1.165, 1.54) is 6.07 Å². The van der Waals surface area contributed by atoms with Gasteiger partial charge in [-0.25, -0.2) is 4.39 Å². The molecule has 2 atom stereocenters. The third-order valence-electron chi connectivity index (χ3n) is 3.80. The molecule has 19 heavy (non-hydrogen) atoms. The number of halogens is 2. The van der Waals surface area contributed by atoms with Gasteiger partial charge in [0.15, 0.2) is 0 Å². The molecule has 0 radical (unpaired) electrons. The summed E-state index contributed by atoms with van der Waals surface area (Å²) in [6.07, 6.45) is 0. The normalized spacial score (nSPS) is 24.9. The van der Waals surface area contributed by atoms with E-state index in [9.17, 15) is 4.39 Å². The molecule has 1 heterocycles. The molecule has 0 amide bonds. The van der Waals surface area contributed by atoms with E-state index >= 15 is 0 Å². The summed E-state index contributed by atoms with van der Waals surface area (Å²) in [6.45, 7) is 9.27. The number of hydrogen-bond donors (Lipinski definition) is 1. The number of benzene rings is 1. The van der Waals surface area contributed by atoms with Gasteiger partial charge in [-0.1, -0.05) is 29.8 Å². The maximum absolute atomic E-state index is 13.9. The predicted molar refractivity (Wildman–Crippen MR) is 80.6 cm³/mol. The van der Waals surface area contributed by atoms with Gasteiger partial charge in [-0.2, -0.15) is 0 Å². The molecule has 2 unspecified atom stereocenters. The first kappa shape index (κ1) is 14.9. The molecule has 0 spiro atoms. The Kier molecular flexibility index (Phi) is 4.98. The van der Waals surface area contributed by atoms with Crippen molar-refractivity contribution in [3.63, 3.8) is 0 Å². The Morgan fingerprint density at radius 2 is 2.21 bits per heavy atom. The highest BCUT2D eigenvalue weighted by atomic mass is 79.9. The van der Waals surface area contributed by atoms with E-state index in [1.807, 2.05) is 6.07 Å². The maximum atomic E-state index is 13.9. The van der Waals surface area contributed by atoms with Gasteiger partial charge in [-0.15, -0.1) is 0 Å². The van der Waals surface area contributed by atoms with E-state index in [1.54, 1.807) is 6.07 Å². The molecule has 2 rings (SSSR count). The Labute approximate surface area is 123 Å². The minimum absolute atomic E-state index is 0.114. The standard InChI is InChI=1S/C15H22BrFN2/c1-10(2)15-7-18-11(3)8-19(15)9-12-6-13(16)4-5-14(12)17/h4-6,10-11,15,18H,7-9H2,1-3H3. The maximum Gasteiger partial charge on any atom is 0.127 e. The molecule has 1 aromatic carbocycles. The van der Waals surface area contributed by atoms with Crippen LogP contribution in [-0.4, -0.2) is 30.1 Å². The van der Waals surface area contributed by atoms with Crippen molar-refractivity contribution in [2.45, 2.75) is 39.4 Å². The highest BCUT2D eigenvalue weighted by Gasteiger charge is 2.28. The lowest BCUT2D eigenvalue weighted by Crippen LogP contribution is -2.56. The second kappa shape index (κ2) is 6.33. The zero-order valence-corrected chi connectivity index (χ0v) is 13.4. The second-order valence-corrected chi connectivity index (χ2v) is 6.70. The first-order valence-corrected chi connectivity index (χ1v) is 7.68. The highest BCUT2D eigenvalue weighted by molar-refractivity contribution is 9.10. The molecular formula is C15H22BrFN2. The zero-order chi connectivity index (χ0) is 14.0. The van der Waals surface area contributed by atoms with Crippen LogP contribution in [0, 0.1) is 11.7 Å². The fourth-order valence-electron chi connectivity index (χ4n) is 2.73. The summed E-state index contributed by atoms with van der Waals surface area (Å²) in [5.41, 5.74) is 0.772. The number of hydrogen-bond acceptors (Lipinski definition) is 2. The first-order valence-electron chi connectivity index (χ1n) is 6.88. The third-order valence-corrected chi connectivity index (χ3v) is 4.30. The van der Waals surface area contributed by atoms with Crippen LogP contribution in [0.3, 0.4) is 0 Å². The van der Waals surface area contributed by atoms with Crippen LogP contribution < -0.4 is 5.32 Å². The average molecular weight is 329 g/mol. The van der Waals surface area contributed by atoms with Crippen molar-refractivity contribution in [2.75, 3.05) is 13.1 Å². The summed E-state index contributed by atoms with van der Waals surface area (Å²) in [5, 5.41) is 3.51. The molecule has 1 aliphatic rings. The Hall–Kier alpha value is -0.450. The van der Waals surface area contributed by atoms with E-state index in [2.05, 4.69) is 46.9 Å². The van der Waals surface area contributed by atoms with Crippen molar-refractivity contribution in [1.29, 1.82) is 0 Å². The van der Waals surface area contributed by atoms with Crippen LogP contribution in [0.1, 0.15) is 26.3 Å². The zero-order valence-electron chi connectivity index (χ0n) is 11.8. The molecule has 1 saturated heterocycles. The van der Waals surface area contributed by atoms with Crippen LogP contribution in [0.15, 0.2) is 22.7 Å². The lowest BCUT2D eigenvalue weighted by molar-refractivity contribution is 0.0944. The van der Waals surface area contributed by atoms with Gasteiger partial charge in [-0.3, -0.25) is 4.90 Å².